The number of rotatable bonds is 1. The summed E-state index contributed by atoms with van der Waals surface area (Å²) in [7, 11) is 0. The first-order valence-electron chi connectivity index (χ1n) is 5.62. The molecule has 0 amide bonds. The summed E-state index contributed by atoms with van der Waals surface area (Å²) < 4.78 is 0. The third-order valence-electron chi connectivity index (χ3n) is 3.21. The average Bonchev–Trinajstić information content (AvgIpc) is 2.23. The van der Waals surface area contributed by atoms with Crippen LogP contribution < -0.4 is 10.6 Å². The molecular weight excluding hydrogens is 224 g/mol. The van der Waals surface area contributed by atoms with Crippen LogP contribution in [0.25, 0.3) is 0 Å². The molecule has 88 valence electrons. The molecule has 1 aliphatic heterocycles. The fourth-order valence-electron chi connectivity index (χ4n) is 2.30. The molecular formula is C11H17ClN4. The molecule has 0 aromatic carbocycles. The van der Waals surface area contributed by atoms with Crippen molar-refractivity contribution in [2.75, 3.05) is 17.2 Å². The van der Waals surface area contributed by atoms with Crippen molar-refractivity contribution in [2.24, 2.45) is 5.92 Å². The van der Waals surface area contributed by atoms with E-state index >= 15 is 0 Å². The zero-order valence-electron chi connectivity index (χ0n) is 9.65. The Labute approximate surface area is 101 Å². The van der Waals surface area contributed by atoms with Gasteiger partial charge in [-0.1, -0.05) is 18.5 Å². The van der Waals surface area contributed by atoms with Gasteiger partial charge in [-0.25, -0.2) is 9.97 Å². The average molecular weight is 241 g/mol. The predicted molar refractivity (Wildman–Crippen MR) is 66.7 cm³/mol. The molecule has 2 unspecified atom stereocenters. The highest BCUT2D eigenvalue weighted by Gasteiger charge is 2.26. The van der Waals surface area contributed by atoms with Gasteiger partial charge in [-0.2, -0.15) is 0 Å². The Morgan fingerprint density at radius 2 is 2.19 bits per heavy atom. The summed E-state index contributed by atoms with van der Waals surface area (Å²) >= 11 is 6.14. The van der Waals surface area contributed by atoms with Crippen molar-refractivity contribution in [1.82, 2.24) is 9.97 Å². The number of nitrogens with two attached hydrogens (primary N) is 1. The molecule has 2 N–H and O–H groups in total. The van der Waals surface area contributed by atoms with Crippen LogP contribution in [0.1, 0.15) is 26.7 Å². The molecule has 1 saturated heterocycles. The van der Waals surface area contributed by atoms with E-state index in [2.05, 4.69) is 28.7 Å². The van der Waals surface area contributed by atoms with Crippen molar-refractivity contribution in [2.45, 2.75) is 32.7 Å². The minimum absolute atomic E-state index is 0.359. The van der Waals surface area contributed by atoms with Crippen molar-refractivity contribution < 1.29 is 0 Å². The summed E-state index contributed by atoms with van der Waals surface area (Å²) in [5.74, 6) is 1.90. The topological polar surface area (TPSA) is 55.0 Å². The molecule has 2 heterocycles. The fourth-order valence-corrected chi connectivity index (χ4v) is 2.50. The number of piperidine rings is 1. The van der Waals surface area contributed by atoms with Crippen LogP contribution in [0.2, 0.25) is 5.02 Å². The van der Waals surface area contributed by atoms with E-state index in [0.717, 1.165) is 18.3 Å². The van der Waals surface area contributed by atoms with Crippen LogP contribution >= 0.6 is 11.6 Å². The molecule has 16 heavy (non-hydrogen) atoms. The molecule has 0 radical (unpaired) electrons. The molecule has 1 aromatic rings. The van der Waals surface area contributed by atoms with Crippen LogP contribution in [0.3, 0.4) is 0 Å². The maximum atomic E-state index is 6.14. The SMILES string of the molecule is CC1CCN(c2ncnc(N)c2Cl)C(C)C1. The second-order valence-electron chi connectivity index (χ2n) is 4.57. The smallest absolute Gasteiger partial charge is 0.153 e. The zero-order chi connectivity index (χ0) is 11.7. The Balaban J connectivity index is 2.27. The number of aromatic nitrogens is 2. The first-order valence-corrected chi connectivity index (χ1v) is 6.00. The predicted octanol–water partition coefficient (Wildman–Crippen LogP) is 2.34. The molecule has 5 heteroatoms. The van der Waals surface area contributed by atoms with Crippen LogP contribution in [0.5, 0.6) is 0 Å². The third-order valence-corrected chi connectivity index (χ3v) is 3.57. The molecule has 1 aromatic heterocycles. The van der Waals surface area contributed by atoms with Gasteiger partial charge in [0.15, 0.2) is 5.82 Å². The summed E-state index contributed by atoms with van der Waals surface area (Å²) in [6.07, 6.45) is 3.81. The highest BCUT2D eigenvalue weighted by atomic mass is 35.5. The highest BCUT2D eigenvalue weighted by Crippen LogP contribution is 2.32. The van der Waals surface area contributed by atoms with E-state index in [-0.39, 0.29) is 0 Å². The van der Waals surface area contributed by atoms with Gasteiger partial charge in [0.25, 0.3) is 0 Å². The molecule has 2 rings (SSSR count). The number of halogens is 1. The van der Waals surface area contributed by atoms with Gasteiger partial charge < -0.3 is 10.6 Å². The number of anilines is 2. The second-order valence-corrected chi connectivity index (χ2v) is 4.95. The van der Waals surface area contributed by atoms with Gasteiger partial charge in [0, 0.05) is 12.6 Å². The zero-order valence-corrected chi connectivity index (χ0v) is 10.4. The summed E-state index contributed by atoms with van der Waals surface area (Å²) in [5.41, 5.74) is 5.69. The van der Waals surface area contributed by atoms with Gasteiger partial charge in [0.2, 0.25) is 0 Å². The number of hydrogen-bond acceptors (Lipinski definition) is 4. The Morgan fingerprint density at radius 3 is 2.88 bits per heavy atom. The minimum Gasteiger partial charge on any atom is -0.382 e. The van der Waals surface area contributed by atoms with Crippen LogP contribution in [-0.4, -0.2) is 22.6 Å². The maximum absolute atomic E-state index is 6.14. The molecule has 1 fully saturated rings. The second kappa shape index (κ2) is 4.45. The third kappa shape index (κ3) is 2.07. The molecule has 2 atom stereocenters. The first-order chi connectivity index (χ1) is 7.59. The van der Waals surface area contributed by atoms with E-state index in [1.54, 1.807) is 0 Å². The van der Waals surface area contributed by atoms with E-state index in [1.807, 2.05) is 0 Å². The lowest BCUT2D eigenvalue weighted by Crippen LogP contribution is -2.41. The Bertz CT molecular complexity index is 382. The largest absolute Gasteiger partial charge is 0.382 e. The minimum atomic E-state index is 0.359. The van der Waals surface area contributed by atoms with Gasteiger partial charge in [-0.15, -0.1) is 0 Å². The number of nitrogens with zero attached hydrogens (tertiary/aromatic N) is 3. The van der Waals surface area contributed by atoms with E-state index in [9.17, 15) is 0 Å². The van der Waals surface area contributed by atoms with E-state index < -0.39 is 0 Å². The van der Waals surface area contributed by atoms with Crippen molar-refractivity contribution in [3.8, 4) is 0 Å². The monoisotopic (exact) mass is 240 g/mol. The molecule has 0 aliphatic carbocycles. The molecule has 0 bridgehead atoms. The lowest BCUT2D eigenvalue weighted by Gasteiger charge is -2.37. The van der Waals surface area contributed by atoms with Crippen LogP contribution in [0.15, 0.2) is 6.33 Å². The van der Waals surface area contributed by atoms with Gasteiger partial charge >= 0.3 is 0 Å². The van der Waals surface area contributed by atoms with Crippen LogP contribution in [0, 0.1) is 5.92 Å². The Morgan fingerprint density at radius 1 is 1.44 bits per heavy atom. The Kier molecular flexibility index (Phi) is 3.19. The van der Waals surface area contributed by atoms with E-state index in [0.29, 0.717) is 16.9 Å². The number of nitrogen functional groups attached to an aromatic ring is 1. The number of hydrogen-bond donors (Lipinski definition) is 1. The molecule has 4 nitrogen and oxygen atoms in total. The highest BCUT2D eigenvalue weighted by molar-refractivity contribution is 6.35. The normalized spacial score (nSPS) is 25.8. The summed E-state index contributed by atoms with van der Waals surface area (Å²) in [4.78, 5) is 10.3. The standard InChI is InChI=1S/C11H17ClN4/c1-7-3-4-16(8(2)5-7)11-9(12)10(13)14-6-15-11/h6-8H,3-5H2,1-2H3,(H2,13,14,15). The van der Waals surface area contributed by atoms with Gasteiger partial charge in [-0.3, -0.25) is 0 Å². The Hall–Kier alpha value is -1.03. The fraction of sp³-hybridized carbons (Fsp3) is 0.636. The summed E-state index contributed by atoms with van der Waals surface area (Å²) in [5, 5.41) is 0.476. The van der Waals surface area contributed by atoms with E-state index in [1.165, 1.54) is 19.2 Å². The molecule has 1 aliphatic rings. The van der Waals surface area contributed by atoms with Gasteiger partial charge in [0.1, 0.15) is 17.2 Å². The van der Waals surface area contributed by atoms with Crippen LogP contribution in [-0.2, 0) is 0 Å². The quantitative estimate of drug-likeness (QED) is 0.819. The maximum Gasteiger partial charge on any atom is 0.153 e. The lowest BCUT2D eigenvalue weighted by molar-refractivity contribution is 0.376. The summed E-state index contributed by atoms with van der Waals surface area (Å²) in [6, 6.07) is 0.454. The van der Waals surface area contributed by atoms with Crippen molar-refractivity contribution in [3.05, 3.63) is 11.3 Å². The van der Waals surface area contributed by atoms with Crippen molar-refractivity contribution in [1.29, 1.82) is 0 Å². The van der Waals surface area contributed by atoms with Gasteiger partial charge in [-0.05, 0) is 25.7 Å². The first kappa shape index (κ1) is 11.5. The molecule has 0 saturated carbocycles. The van der Waals surface area contributed by atoms with Crippen LogP contribution in [0.4, 0.5) is 11.6 Å². The van der Waals surface area contributed by atoms with Gasteiger partial charge in [0.05, 0.1) is 0 Å². The lowest BCUT2D eigenvalue weighted by atomic mass is 9.93. The molecule has 0 spiro atoms. The summed E-state index contributed by atoms with van der Waals surface area (Å²) in [6.45, 7) is 5.46. The van der Waals surface area contributed by atoms with Crippen molar-refractivity contribution in [3.63, 3.8) is 0 Å². The van der Waals surface area contributed by atoms with E-state index in [4.69, 9.17) is 17.3 Å². The van der Waals surface area contributed by atoms with Crippen molar-refractivity contribution >= 4 is 23.2 Å².